The minimum absolute atomic E-state index is 0.185. The van der Waals surface area contributed by atoms with Crippen molar-refractivity contribution in [1.82, 2.24) is 15.0 Å². The molecule has 2 aromatic rings. The van der Waals surface area contributed by atoms with E-state index in [1.54, 1.807) is 0 Å². The Labute approximate surface area is 147 Å². The molecule has 0 amide bonds. The Morgan fingerprint density at radius 3 is 2.31 bits per heavy atom. The lowest BCUT2D eigenvalue weighted by atomic mass is 10.3. The molecule has 26 heavy (non-hydrogen) atoms. The maximum atomic E-state index is 13.4. The summed E-state index contributed by atoms with van der Waals surface area (Å²) in [5, 5.41) is 4.94. The van der Waals surface area contributed by atoms with Crippen LogP contribution in [0.4, 0.5) is 27.7 Å². The van der Waals surface area contributed by atoms with Crippen molar-refractivity contribution in [3.63, 3.8) is 0 Å². The molecule has 0 atom stereocenters. The quantitative estimate of drug-likeness (QED) is 0.301. The molecular formula is C11H13FN6O6S2. The molecule has 0 fully saturated rings. The molecule has 12 nitrogen and oxygen atoms in total. The zero-order chi connectivity index (χ0) is 19.5. The van der Waals surface area contributed by atoms with E-state index < -0.39 is 37.0 Å². The second kappa shape index (κ2) is 7.32. The summed E-state index contributed by atoms with van der Waals surface area (Å²) in [5.74, 6) is -1.23. The van der Waals surface area contributed by atoms with Crippen molar-refractivity contribution in [1.29, 1.82) is 0 Å². The molecule has 0 spiro atoms. The molecule has 0 radical (unpaired) electrons. The average Bonchev–Trinajstić information content (AvgIpc) is 2.43. The fourth-order valence-corrected chi connectivity index (χ4v) is 2.72. The number of rotatable bonds is 7. The SMILES string of the molecule is Nc1cc(Nc2nc(F)nc(NCCS(=O)(=O)O)n2)ccc1S(=O)(=O)O. The topological polar surface area (TPSA) is 197 Å². The standard InChI is InChI=1S/C11H13FN6O6S2/c12-9-16-10(14-3-4-25(19,20)21)18-11(17-9)15-6-1-2-8(7(13)5-6)26(22,23)24/h1-2,5H,3-4,13H2,(H,19,20,21)(H,22,23,24)(H2,14,15,16,17,18). The summed E-state index contributed by atoms with van der Waals surface area (Å²) in [6.45, 7) is -0.280. The van der Waals surface area contributed by atoms with Crippen molar-refractivity contribution in [2.24, 2.45) is 0 Å². The molecule has 0 saturated carbocycles. The maximum absolute atomic E-state index is 13.4. The van der Waals surface area contributed by atoms with Crippen LogP contribution in [0.25, 0.3) is 0 Å². The van der Waals surface area contributed by atoms with Gasteiger partial charge in [0.2, 0.25) is 11.9 Å². The maximum Gasteiger partial charge on any atom is 0.315 e. The van der Waals surface area contributed by atoms with Gasteiger partial charge in [-0.25, -0.2) is 0 Å². The van der Waals surface area contributed by atoms with Gasteiger partial charge in [0.05, 0.1) is 11.4 Å². The van der Waals surface area contributed by atoms with E-state index in [1.807, 2.05) is 0 Å². The largest absolute Gasteiger partial charge is 0.398 e. The third-order valence-electron chi connectivity index (χ3n) is 2.80. The number of nitrogens with one attached hydrogen (secondary N) is 2. The molecule has 0 bridgehead atoms. The van der Waals surface area contributed by atoms with Crippen LogP contribution in [-0.4, -0.2) is 53.2 Å². The van der Waals surface area contributed by atoms with E-state index in [-0.39, 0.29) is 29.8 Å². The minimum atomic E-state index is -4.49. The molecule has 1 aromatic carbocycles. The predicted molar refractivity (Wildman–Crippen MR) is 88.6 cm³/mol. The van der Waals surface area contributed by atoms with Crippen molar-refractivity contribution >= 4 is 43.5 Å². The molecule has 0 unspecified atom stereocenters. The Bertz CT molecular complexity index is 1030. The second-order valence-corrected chi connectivity index (χ2v) is 7.78. The second-order valence-electron chi connectivity index (χ2n) is 4.82. The monoisotopic (exact) mass is 408 g/mol. The summed E-state index contributed by atoms with van der Waals surface area (Å²) in [4.78, 5) is 9.95. The van der Waals surface area contributed by atoms with Gasteiger partial charge in [0.25, 0.3) is 20.2 Å². The fraction of sp³-hybridized carbons (Fsp3) is 0.182. The summed E-state index contributed by atoms with van der Waals surface area (Å²) in [6, 6.07) is 3.40. The Morgan fingerprint density at radius 1 is 1.08 bits per heavy atom. The van der Waals surface area contributed by atoms with Crippen molar-refractivity contribution < 1.29 is 30.3 Å². The molecule has 15 heteroatoms. The lowest BCUT2D eigenvalue weighted by Crippen LogP contribution is -2.17. The number of aromatic nitrogens is 3. The van der Waals surface area contributed by atoms with Gasteiger partial charge in [0, 0.05) is 12.2 Å². The zero-order valence-electron chi connectivity index (χ0n) is 12.8. The van der Waals surface area contributed by atoms with Crippen LogP contribution in [0.1, 0.15) is 0 Å². The molecule has 2 rings (SSSR count). The first kappa shape index (κ1) is 19.7. The molecule has 1 heterocycles. The summed E-state index contributed by atoms with van der Waals surface area (Å²) < 4.78 is 74.5. The third-order valence-corrected chi connectivity index (χ3v) is 4.44. The van der Waals surface area contributed by atoms with Crippen LogP contribution in [0.3, 0.4) is 0 Å². The number of anilines is 4. The summed E-state index contributed by atoms with van der Waals surface area (Å²) in [5.41, 5.74) is 5.45. The Hall–Kier alpha value is -2.62. The lowest BCUT2D eigenvalue weighted by Gasteiger charge is -2.09. The van der Waals surface area contributed by atoms with Crippen LogP contribution >= 0.6 is 0 Å². The number of halogens is 1. The van der Waals surface area contributed by atoms with Gasteiger partial charge in [-0.2, -0.15) is 36.2 Å². The third kappa shape index (κ3) is 5.73. The van der Waals surface area contributed by atoms with Gasteiger partial charge in [0.15, 0.2) is 0 Å². The minimum Gasteiger partial charge on any atom is -0.398 e. The van der Waals surface area contributed by atoms with Crippen molar-refractivity contribution in [3.8, 4) is 0 Å². The summed E-state index contributed by atoms with van der Waals surface area (Å²) in [7, 11) is -8.70. The first-order valence-electron chi connectivity index (χ1n) is 6.69. The van der Waals surface area contributed by atoms with E-state index >= 15 is 0 Å². The smallest absolute Gasteiger partial charge is 0.315 e. The number of nitrogen functional groups attached to an aromatic ring is 1. The highest BCUT2D eigenvalue weighted by Gasteiger charge is 2.15. The number of nitrogens with zero attached hydrogens (tertiary/aromatic N) is 3. The Morgan fingerprint density at radius 2 is 1.73 bits per heavy atom. The van der Waals surface area contributed by atoms with Gasteiger partial charge in [-0.1, -0.05) is 0 Å². The molecule has 0 aliphatic carbocycles. The van der Waals surface area contributed by atoms with Gasteiger partial charge in [-0.3, -0.25) is 9.11 Å². The zero-order valence-corrected chi connectivity index (χ0v) is 14.4. The molecule has 0 aliphatic rings. The van der Waals surface area contributed by atoms with Crippen molar-refractivity contribution in [2.45, 2.75) is 4.90 Å². The predicted octanol–water partition coefficient (Wildman–Crippen LogP) is -0.117. The van der Waals surface area contributed by atoms with E-state index in [9.17, 15) is 21.2 Å². The van der Waals surface area contributed by atoms with Gasteiger partial charge >= 0.3 is 6.08 Å². The summed E-state index contributed by atoms with van der Waals surface area (Å²) >= 11 is 0. The Kier molecular flexibility index (Phi) is 5.55. The lowest BCUT2D eigenvalue weighted by molar-refractivity contribution is 0.481. The summed E-state index contributed by atoms with van der Waals surface area (Å²) in [6.07, 6.45) is -1.18. The van der Waals surface area contributed by atoms with E-state index in [2.05, 4.69) is 25.6 Å². The first-order valence-corrected chi connectivity index (χ1v) is 9.73. The van der Waals surface area contributed by atoms with Crippen LogP contribution in [0.2, 0.25) is 0 Å². The van der Waals surface area contributed by atoms with E-state index in [1.165, 1.54) is 6.07 Å². The molecule has 6 N–H and O–H groups in total. The van der Waals surface area contributed by atoms with E-state index in [0.717, 1.165) is 12.1 Å². The molecule has 142 valence electrons. The van der Waals surface area contributed by atoms with Crippen molar-refractivity contribution in [2.75, 3.05) is 28.7 Å². The molecular weight excluding hydrogens is 395 g/mol. The van der Waals surface area contributed by atoms with Crippen LogP contribution in [0.15, 0.2) is 23.1 Å². The number of hydrogen-bond acceptors (Lipinski definition) is 10. The van der Waals surface area contributed by atoms with Crippen LogP contribution in [0, 0.1) is 6.08 Å². The van der Waals surface area contributed by atoms with Crippen LogP contribution in [-0.2, 0) is 20.2 Å². The van der Waals surface area contributed by atoms with E-state index in [0.29, 0.717) is 0 Å². The molecule has 1 aromatic heterocycles. The highest BCUT2D eigenvalue weighted by Crippen LogP contribution is 2.23. The van der Waals surface area contributed by atoms with E-state index in [4.69, 9.17) is 14.8 Å². The number of benzene rings is 1. The number of nitrogens with two attached hydrogens (primary N) is 1. The van der Waals surface area contributed by atoms with Crippen molar-refractivity contribution in [3.05, 3.63) is 24.3 Å². The normalized spacial score (nSPS) is 12.0. The highest BCUT2D eigenvalue weighted by molar-refractivity contribution is 7.86. The Balaban J connectivity index is 2.18. The first-order chi connectivity index (χ1) is 11.9. The van der Waals surface area contributed by atoms with Gasteiger partial charge in [-0.15, -0.1) is 0 Å². The van der Waals surface area contributed by atoms with Gasteiger partial charge in [-0.05, 0) is 18.2 Å². The van der Waals surface area contributed by atoms with Crippen LogP contribution < -0.4 is 16.4 Å². The van der Waals surface area contributed by atoms with Gasteiger partial charge in [0.1, 0.15) is 4.90 Å². The van der Waals surface area contributed by atoms with Crippen LogP contribution in [0.5, 0.6) is 0 Å². The fourth-order valence-electron chi connectivity index (χ4n) is 1.77. The molecule has 0 saturated heterocycles. The molecule has 0 aliphatic heterocycles. The highest BCUT2D eigenvalue weighted by atomic mass is 32.2. The average molecular weight is 408 g/mol. The number of hydrogen-bond donors (Lipinski definition) is 5. The van der Waals surface area contributed by atoms with Gasteiger partial charge < -0.3 is 16.4 Å².